The van der Waals surface area contributed by atoms with Gasteiger partial charge in [-0.3, -0.25) is 4.79 Å². The number of esters is 1. The number of carbonyl (C=O) groups excluding carboxylic acids is 2. The maximum Gasteiger partial charge on any atom is 0.315 e. The second-order valence-electron chi connectivity index (χ2n) is 7.38. The lowest BCUT2D eigenvalue weighted by atomic mass is 10.0. The monoisotopic (exact) mass is 393 g/mol. The standard InChI is InChI=1S/C21H32FN3O3/c1-16-10-11-18(22)19(14-16)25-13-7-8-17(15-25)24-21(27)23-12-6-4-3-5-9-20(26)28-2/h10-11,14,17H,3-9,12-13,15H2,1-2H3,(H2,23,24,27). The molecule has 1 atom stereocenters. The van der Waals surface area contributed by atoms with Gasteiger partial charge in [0.1, 0.15) is 5.82 Å². The Bertz CT molecular complexity index is 654. The second-order valence-corrected chi connectivity index (χ2v) is 7.38. The quantitative estimate of drug-likeness (QED) is 0.497. The van der Waals surface area contributed by atoms with Crippen LogP contribution in [0.1, 0.15) is 50.5 Å². The first-order valence-corrected chi connectivity index (χ1v) is 10.1. The molecule has 1 unspecified atom stereocenters. The van der Waals surface area contributed by atoms with Crippen molar-refractivity contribution in [2.45, 2.75) is 57.9 Å². The molecular formula is C21H32FN3O3. The van der Waals surface area contributed by atoms with Crippen LogP contribution in [0.2, 0.25) is 0 Å². The van der Waals surface area contributed by atoms with Crippen molar-refractivity contribution in [1.29, 1.82) is 0 Å². The predicted octanol–water partition coefficient (Wildman–Crippen LogP) is 3.53. The molecule has 2 N–H and O–H groups in total. The van der Waals surface area contributed by atoms with Crippen LogP contribution < -0.4 is 15.5 Å². The summed E-state index contributed by atoms with van der Waals surface area (Å²) in [5, 5.41) is 5.88. The summed E-state index contributed by atoms with van der Waals surface area (Å²) in [6.07, 6.45) is 5.85. The van der Waals surface area contributed by atoms with Gasteiger partial charge in [0, 0.05) is 32.1 Å². The highest BCUT2D eigenvalue weighted by Crippen LogP contribution is 2.24. The van der Waals surface area contributed by atoms with E-state index < -0.39 is 0 Å². The van der Waals surface area contributed by atoms with E-state index in [9.17, 15) is 14.0 Å². The second kappa shape index (κ2) is 11.5. The van der Waals surface area contributed by atoms with Crippen molar-refractivity contribution in [2.75, 3.05) is 31.6 Å². The Morgan fingerprint density at radius 2 is 2.04 bits per heavy atom. The third kappa shape index (κ3) is 7.37. The molecule has 6 nitrogen and oxygen atoms in total. The fraction of sp³-hybridized carbons (Fsp3) is 0.619. The topological polar surface area (TPSA) is 70.7 Å². The number of halogens is 1. The summed E-state index contributed by atoms with van der Waals surface area (Å²) in [7, 11) is 1.40. The number of unbranched alkanes of at least 4 members (excludes halogenated alkanes) is 3. The van der Waals surface area contributed by atoms with Crippen LogP contribution in [-0.2, 0) is 9.53 Å². The summed E-state index contributed by atoms with van der Waals surface area (Å²) in [6.45, 7) is 3.96. The van der Waals surface area contributed by atoms with E-state index >= 15 is 0 Å². The Balaban J connectivity index is 1.65. The molecule has 2 rings (SSSR count). The number of nitrogens with zero attached hydrogens (tertiary/aromatic N) is 1. The first-order chi connectivity index (χ1) is 13.5. The average Bonchev–Trinajstić information content (AvgIpc) is 2.69. The minimum Gasteiger partial charge on any atom is -0.469 e. The van der Waals surface area contributed by atoms with E-state index in [0.717, 1.165) is 50.6 Å². The molecule has 0 spiro atoms. The normalized spacial score (nSPS) is 16.5. The highest BCUT2D eigenvalue weighted by Gasteiger charge is 2.23. The van der Waals surface area contributed by atoms with Gasteiger partial charge in [0.25, 0.3) is 0 Å². The van der Waals surface area contributed by atoms with Crippen molar-refractivity contribution >= 4 is 17.7 Å². The third-order valence-corrected chi connectivity index (χ3v) is 5.02. The van der Waals surface area contributed by atoms with E-state index in [0.29, 0.717) is 25.2 Å². The van der Waals surface area contributed by atoms with Crippen LogP contribution in [0.25, 0.3) is 0 Å². The number of ether oxygens (including phenoxy) is 1. The Labute approximate surface area is 166 Å². The molecule has 0 radical (unpaired) electrons. The third-order valence-electron chi connectivity index (χ3n) is 5.02. The number of hydrogen-bond donors (Lipinski definition) is 2. The molecule has 1 heterocycles. The molecule has 1 saturated heterocycles. The van der Waals surface area contributed by atoms with Gasteiger partial charge >= 0.3 is 12.0 Å². The number of anilines is 1. The highest BCUT2D eigenvalue weighted by atomic mass is 19.1. The van der Waals surface area contributed by atoms with Gasteiger partial charge in [-0.1, -0.05) is 18.9 Å². The summed E-state index contributed by atoms with van der Waals surface area (Å²) < 4.78 is 18.7. The van der Waals surface area contributed by atoms with E-state index in [-0.39, 0.29) is 23.9 Å². The zero-order valence-corrected chi connectivity index (χ0v) is 16.9. The number of benzene rings is 1. The number of amides is 2. The number of aryl methyl sites for hydroxylation is 1. The molecule has 0 aromatic heterocycles. The van der Waals surface area contributed by atoms with Crippen LogP contribution in [0.15, 0.2) is 18.2 Å². The average molecular weight is 394 g/mol. The van der Waals surface area contributed by atoms with Crippen molar-refractivity contribution in [3.05, 3.63) is 29.6 Å². The van der Waals surface area contributed by atoms with Gasteiger partial charge in [-0.05, 0) is 50.3 Å². The number of methoxy groups -OCH3 is 1. The number of rotatable bonds is 9. The summed E-state index contributed by atoms with van der Waals surface area (Å²) >= 11 is 0. The zero-order valence-electron chi connectivity index (χ0n) is 16.9. The van der Waals surface area contributed by atoms with E-state index in [2.05, 4.69) is 15.4 Å². The predicted molar refractivity (Wildman–Crippen MR) is 108 cm³/mol. The summed E-state index contributed by atoms with van der Waals surface area (Å²) in [5.41, 5.74) is 1.63. The Kier molecular flexibility index (Phi) is 9.04. The molecule has 0 bridgehead atoms. The van der Waals surface area contributed by atoms with Crippen molar-refractivity contribution in [3.63, 3.8) is 0 Å². The van der Waals surface area contributed by atoms with Crippen molar-refractivity contribution in [2.24, 2.45) is 0 Å². The largest absolute Gasteiger partial charge is 0.469 e. The molecular weight excluding hydrogens is 361 g/mol. The van der Waals surface area contributed by atoms with Crippen LogP contribution >= 0.6 is 0 Å². The summed E-state index contributed by atoms with van der Waals surface area (Å²) in [6, 6.07) is 4.96. The maximum absolute atomic E-state index is 14.1. The molecule has 1 aromatic carbocycles. The Morgan fingerprint density at radius 3 is 2.82 bits per heavy atom. The Hall–Kier alpha value is -2.31. The molecule has 1 aliphatic heterocycles. The summed E-state index contributed by atoms with van der Waals surface area (Å²) in [4.78, 5) is 25.1. The first-order valence-electron chi connectivity index (χ1n) is 10.1. The van der Waals surface area contributed by atoms with Crippen molar-refractivity contribution in [1.82, 2.24) is 10.6 Å². The number of urea groups is 1. The maximum atomic E-state index is 14.1. The lowest BCUT2D eigenvalue weighted by Gasteiger charge is -2.35. The SMILES string of the molecule is COC(=O)CCCCCCNC(=O)NC1CCCN(c2cc(C)ccc2F)C1. The van der Waals surface area contributed by atoms with Gasteiger partial charge < -0.3 is 20.3 Å². The van der Waals surface area contributed by atoms with E-state index in [1.165, 1.54) is 13.2 Å². The minimum atomic E-state index is -0.220. The van der Waals surface area contributed by atoms with Crippen LogP contribution in [0.4, 0.5) is 14.9 Å². The lowest BCUT2D eigenvalue weighted by molar-refractivity contribution is -0.140. The number of nitrogens with one attached hydrogen (secondary N) is 2. The van der Waals surface area contributed by atoms with Crippen LogP contribution in [0, 0.1) is 12.7 Å². The van der Waals surface area contributed by atoms with Gasteiger partial charge in [-0.15, -0.1) is 0 Å². The van der Waals surface area contributed by atoms with Gasteiger partial charge in [0.15, 0.2) is 0 Å². The fourth-order valence-corrected chi connectivity index (χ4v) is 3.47. The van der Waals surface area contributed by atoms with Crippen molar-refractivity contribution in [3.8, 4) is 0 Å². The van der Waals surface area contributed by atoms with Crippen molar-refractivity contribution < 1.29 is 18.7 Å². The minimum absolute atomic E-state index is 0.00807. The smallest absolute Gasteiger partial charge is 0.315 e. The van der Waals surface area contributed by atoms with E-state index in [1.807, 2.05) is 17.9 Å². The Morgan fingerprint density at radius 1 is 1.25 bits per heavy atom. The first kappa shape index (κ1) is 22.0. The number of piperidine rings is 1. The molecule has 1 aliphatic rings. The molecule has 1 fully saturated rings. The molecule has 28 heavy (non-hydrogen) atoms. The van der Waals surface area contributed by atoms with Gasteiger partial charge in [-0.2, -0.15) is 0 Å². The van der Waals surface area contributed by atoms with Gasteiger partial charge in [0.05, 0.1) is 12.8 Å². The molecule has 156 valence electrons. The van der Waals surface area contributed by atoms with E-state index in [1.54, 1.807) is 6.07 Å². The fourth-order valence-electron chi connectivity index (χ4n) is 3.47. The lowest BCUT2D eigenvalue weighted by Crippen LogP contribution is -2.50. The molecule has 0 aliphatic carbocycles. The molecule has 7 heteroatoms. The number of hydrogen-bond acceptors (Lipinski definition) is 4. The van der Waals surface area contributed by atoms with Crippen LogP contribution in [0.5, 0.6) is 0 Å². The van der Waals surface area contributed by atoms with Crippen LogP contribution in [0.3, 0.4) is 0 Å². The zero-order chi connectivity index (χ0) is 20.4. The number of carbonyl (C=O) groups is 2. The molecule has 2 amide bonds. The molecule has 1 aromatic rings. The molecule has 0 saturated carbocycles. The van der Waals surface area contributed by atoms with E-state index in [4.69, 9.17) is 0 Å². The van der Waals surface area contributed by atoms with Gasteiger partial charge in [0.2, 0.25) is 0 Å². The highest BCUT2D eigenvalue weighted by molar-refractivity contribution is 5.74. The van der Waals surface area contributed by atoms with Gasteiger partial charge in [-0.25, -0.2) is 9.18 Å². The van der Waals surface area contributed by atoms with Crippen LogP contribution in [-0.4, -0.2) is 44.8 Å². The summed E-state index contributed by atoms with van der Waals surface area (Å²) in [5.74, 6) is -0.396.